The molecule has 41 heavy (non-hydrogen) atoms. The van der Waals surface area contributed by atoms with Crippen molar-refractivity contribution in [3.63, 3.8) is 0 Å². The number of fused-ring (bicyclic) bond motifs is 1. The number of nitrogens with one attached hydrogen (secondary N) is 2. The summed E-state index contributed by atoms with van der Waals surface area (Å²) < 4.78 is 34.0. The minimum Gasteiger partial charge on any atom is -0.488 e. The minimum absolute atomic E-state index is 0.000581. The molecule has 0 spiro atoms. The molecule has 0 unspecified atom stereocenters. The van der Waals surface area contributed by atoms with Crippen LogP contribution in [-0.4, -0.2) is 73.6 Å². The maximum absolute atomic E-state index is 13.7. The molecule has 4 rings (SSSR count). The number of likely N-dealkylation sites (N-methyl/N-ethyl adjacent to an activating group) is 1. The second-order valence-electron chi connectivity index (χ2n) is 10.0. The average molecular weight is 601 g/mol. The molecule has 0 aromatic heterocycles. The first-order valence-corrected chi connectivity index (χ1v) is 14.9. The lowest BCUT2D eigenvalue weighted by Crippen LogP contribution is -2.50. The molecule has 3 aromatic carbocycles. The van der Waals surface area contributed by atoms with Crippen LogP contribution in [0.25, 0.3) is 0 Å². The first-order chi connectivity index (χ1) is 19.5. The number of aliphatic hydroxyl groups excluding tert-OH is 1. The van der Waals surface area contributed by atoms with Crippen LogP contribution in [0.1, 0.15) is 24.2 Å². The van der Waals surface area contributed by atoms with Crippen molar-refractivity contribution < 1.29 is 27.9 Å². The van der Waals surface area contributed by atoms with Crippen molar-refractivity contribution in [3.05, 3.63) is 83.4 Å². The minimum atomic E-state index is -3.85. The number of para-hydroxylation sites is 1. The van der Waals surface area contributed by atoms with E-state index in [-0.39, 0.29) is 47.7 Å². The molecule has 0 bridgehead atoms. The zero-order valence-electron chi connectivity index (χ0n) is 23.0. The van der Waals surface area contributed by atoms with Crippen molar-refractivity contribution in [3.8, 4) is 5.75 Å². The van der Waals surface area contributed by atoms with Crippen LogP contribution in [0, 0.1) is 5.92 Å². The Balaban J connectivity index is 1.61. The van der Waals surface area contributed by atoms with Crippen LogP contribution < -0.4 is 15.4 Å². The molecule has 218 valence electrons. The Hall–Kier alpha value is -3.64. The van der Waals surface area contributed by atoms with E-state index in [0.717, 1.165) is 0 Å². The van der Waals surface area contributed by atoms with Gasteiger partial charge in [-0.1, -0.05) is 36.7 Å². The van der Waals surface area contributed by atoms with Crippen LogP contribution in [-0.2, 0) is 10.0 Å². The maximum atomic E-state index is 13.7. The number of hydrogen-bond donors (Lipinski definition) is 3. The zero-order valence-corrected chi connectivity index (χ0v) is 24.5. The fraction of sp³-hybridized carbons (Fsp3) is 0.310. The number of ether oxygens (including phenoxy) is 1. The van der Waals surface area contributed by atoms with Crippen molar-refractivity contribution in [2.45, 2.75) is 30.9 Å². The van der Waals surface area contributed by atoms with Gasteiger partial charge in [0, 0.05) is 35.9 Å². The summed E-state index contributed by atoms with van der Waals surface area (Å²) in [6, 6.07) is 18.5. The molecule has 3 N–H and O–H groups in total. The second-order valence-corrected chi connectivity index (χ2v) is 12.5. The van der Waals surface area contributed by atoms with Crippen LogP contribution in [0.5, 0.6) is 5.75 Å². The van der Waals surface area contributed by atoms with Crippen molar-refractivity contribution >= 4 is 44.9 Å². The van der Waals surface area contributed by atoms with Gasteiger partial charge >= 0.3 is 6.03 Å². The van der Waals surface area contributed by atoms with E-state index in [1.807, 2.05) is 13.0 Å². The van der Waals surface area contributed by atoms with E-state index in [1.54, 1.807) is 48.2 Å². The molecule has 3 atom stereocenters. The van der Waals surface area contributed by atoms with Crippen LogP contribution in [0.2, 0.25) is 5.02 Å². The normalized spacial score (nSPS) is 18.1. The lowest BCUT2D eigenvalue weighted by molar-refractivity contribution is 0.0387. The first-order valence-electron chi connectivity index (χ1n) is 13.1. The molecule has 0 aliphatic carbocycles. The van der Waals surface area contributed by atoms with E-state index in [4.69, 9.17) is 16.3 Å². The fourth-order valence-corrected chi connectivity index (χ4v) is 5.78. The van der Waals surface area contributed by atoms with Gasteiger partial charge in [0.05, 0.1) is 29.7 Å². The van der Waals surface area contributed by atoms with Gasteiger partial charge in [-0.3, -0.25) is 4.79 Å². The number of carbonyl (C=O) groups is 2. The van der Waals surface area contributed by atoms with Gasteiger partial charge in [-0.2, -0.15) is 4.31 Å². The molecular weight excluding hydrogens is 568 g/mol. The lowest BCUT2D eigenvalue weighted by atomic mass is 9.99. The number of anilines is 2. The van der Waals surface area contributed by atoms with E-state index in [1.165, 1.54) is 41.7 Å². The van der Waals surface area contributed by atoms with Crippen molar-refractivity contribution in [2.24, 2.45) is 5.92 Å². The SMILES string of the molecule is C[C@H]1CN([C@@H](C)CO)C(=O)c2cc(NC(=O)Nc3ccccc3)ccc2O[C@@H]1CN(C)S(=O)(=O)c1ccc(Cl)cc1. The monoisotopic (exact) mass is 600 g/mol. The summed E-state index contributed by atoms with van der Waals surface area (Å²) in [5.41, 5.74) is 1.15. The van der Waals surface area contributed by atoms with Crippen LogP contribution in [0.15, 0.2) is 77.7 Å². The Labute approximate surface area is 244 Å². The Morgan fingerprint density at radius 2 is 1.76 bits per heavy atom. The van der Waals surface area contributed by atoms with E-state index >= 15 is 0 Å². The van der Waals surface area contributed by atoms with Gasteiger partial charge in [0.1, 0.15) is 11.9 Å². The highest BCUT2D eigenvalue weighted by molar-refractivity contribution is 7.89. The number of benzene rings is 3. The predicted molar refractivity (Wildman–Crippen MR) is 158 cm³/mol. The van der Waals surface area contributed by atoms with Gasteiger partial charge < -0.3 is 25.4 Å². The summed E-state index contributed by atoms with van der Waals surface area (Å²) in [7, 11) is -2.38. The molecule has 1 aliphatic rings. The largest absolute Gasteiger partial charge is 0.488 e. The van der Waals surface area contributed by atoms with E-state index < -0.39 is 28.2 Å². The third-order valence-electron chi connectivity index (χ3n) is 6.91. The number of urea groups is 1. The van der Waals surface area contributed by atoms with Gasteiger partial charge in [0.15, 0.2) is 0 Å². The van der Waals surface area contributed by atoms with Crippen molar-refractivity contribution in [2.75, 3.05) is 37.4 Å². The third-order valence-corrected chi connectivity index (χ3v) is 9.00. The Bertz CT molecular complexity index is 1490. The van der Waals surface area contributed by atoms with E-state index in [9.17, 15) is 23.1 Å². The number of halogens is 1. The Morgan fingerprint density at radius 3 is 2.41 bits per heavy atom. The Morgan fingerprint density at radius 1 is 1.10 bits per heavy atom. The van der Waals surface area contributed by atoms with Crippen LogP contribution in [0.3, 0.4) is 0 Å². The smallest absolute Gasteiger partial charge is 0.323 e. The van der Waals surface area contributed by atoms with Gasteiger partial charge in [-0.25, -0.2) is 13.2 Å². The highest BCUT2D eigenvalue weighted by atomic mass is 35.5. The average Bonchev–Trinajstić information content (AvgIpc) is 2.95. The van der Waals surface area contributed by atoms with Gasteiger partial charge in [0.25, 0.3) is 5.91 Å². The standard InChI is InChI=1S/C29H33ClN4O6S/c1-19-16-34(20(2)18-35)28(36)25-15-23(32-29(37)31-22-7-5-4-6-8-22)11-14-26(25)40-27(19)17-33(3)41(38,39)24-12-9-21(30)10-13-24/h4-15,19-20,27,35H,16-18H2,1-3H3,(H2,31,32,37)/t19-,20-,27+/m0/s1. The van der Waals surface area contributed by atoms with E-state index in [0.29, 0.717) is 16.4 Å². The van der Waals surface area contributed by atoms with Crippen molar-refractivity contribution in [1.29, 1.82) is 0 Å². The van der Waals surface area contributed by atoms with Gasteiger partial charge in [-0.05, 0) is 61.5 Å². The highest BCUT2D eigenvalue weighted by Crippen LogP contribution is 2.31. The summed E-state index contributed by atoms with van der Waals surface area (Å²) in [5, 5.41) is 15.8. The molecule has 0 radical (unpaired) electrons. The number of carbonyl (C=O) groups excluding carboxylic acids is 2. The second kappa shape index (κ2) is 12.9. The molecule has 3 aromatic rings. The number of hydrogen-bond acceptors (Lipinski definition) is 6. The number of amides is 3. The Kier molecular flexibility index (Phi) is 9.54. The molecule has 0 saturated heterocycles. The molecule has 10 nitrogen and oxygen atoms in total. The van der Waals surface area contributed by atoms with Crippen LogP contribution >= 0.6 is 11.6 Å². The van der Waals surface area contributed by atoms with Gasteiger partial charge in [-0.15, -0.1) is 0 Å². The fourth-order valence-electron chi connectivity index (χ4n) is 4.47. The predicted octanol–water partition coefficient (Wildman–Crippen LogP) is 4.52. The maximum Gasteiger partial charge on any atom is 0.323 e. The van der Waals surface area contributed by atoms with E-state index in [2.05, 4.69) is 10.6 Å². The summed E-state index contributed by atoms with van der Waals surface area (Å²) >= 11 is 5.93. The summed E-state index contributed by atoms with van der Waals surface area (Å²) in [4.78, 5) is 27.9. The number of aliphatic hydroxyl groups is 1. The third kappa shape index (κ3) is 7.17. The first kappa shape index (κ1) is 30.3. The lowest BCUT2D eigenvalue weighted by Gasteiger charge is -2.38. The topological polar surface area (TPSA) is 128 Å². The zero-order chi connectivity index (χ0) is 29.7. The molecule has 1 heterocycles. The molecule has 3 amide bonds. The number of sulfonamides is 1. The molecule has 1 aliphatic heterocycles. The molecule has 0 fully saturated rings. The van der Waals surface area contributed by atoms with Crippen LogP contribution in [0.4, 0.5) is 16.2 Å². The molecule has 12 heteroatoms. The summed E-state index contributed by atoms with van der Waals surface area (Å²) in [6.07, 6.45) is -0.637. The summed E-state index contributed by atoms with van der Waals surface area (Å²) in [6.45, 7) is 3.55. The number of rotatable bonds is 8. The quantitative estimate of drug-likeness (QED) is 0.349. The molecule has 0 saturated carbocycles. The highest BCUT2D eigenvalue weighted by Gasteiger charge is 2.35. The van der Waals surface area contributed by atoms with Crippen molar-refractivity contribution in [1.82, 2.24) is 9.21 Å². The van der Waals surface area contributed by atoms with Gasteiger partial charge in [0.2, 0.25) is 10.0 Å². The number of nitrogens with zero attached hydrogens (tertiary/aromatic N) is 2. The summed E-state index contributed by atoms with van der Waals surface area (Å²) in [5.74, 6) is -0.424. The molecular formula is C29H33ClN4O6S.